The van der Waals surface area contributed by atoms with Crippen LogP contribution in [0.5, 0.6) is 0 Å². The normalized spacial score (nSPS) is 11.5. The predicted octanol–water partition coefficient (Wildman–Crippen LogP) is 4.05. The third-order valence-corrected chi connectivity index (χ3v) is 4.42. The minimum Gasteiger partial charge on any atom is -0.346 e. The smallest absolute Gasteiger partial charge is 0.243 e. The topological polar surface area (TPSA) is 58.2 Å². The Hall–Kier alpha value is -3.54. The molecular formula is C23H20F2N2O2. The minimum absolute atomic E-state index is 0.200. The Kier molecular flexibility index (Phi) is 6.68. The van der Waals surface area contributed by atoms with Crippen LogP contribution in [-0.2, 0) is 16.0 Å². The van der Waals surface area contributed by atoms with Crippen molar-refractivity contribution in [2.75, 3.05) is 11.9 Å². The molecular weight excluding hydrogens is 374 g/mol. The second-order valence-electron chi connectivity index (χ2n) is 6.57. The molecule has 0 fully saturated rings. The van der Waals surface area contributed by atoms with Gasteiger partial charge in [-0.15, -0.1) is 0 Å². The third kappa shape index (κ3) is 5.97. The Bertz CT molecular complexity index is 958. The molecule has 3 rings (SSSR count). The molecule has 148 valence electrons. The Morgan fingerprint density at radius 2 is 1.38 bits per heavy atom. The van der Waals surface area contributed by atoms with Gasteiger partial charge in [0.1, 0.15) is 11.6 Å². The molecule has 0 aliphatic rings. The van der Waals surface area contributed by atoms with Crippen molar-refractivity contribution in [1.29, 1.82) is 0 Å². The number of carbonyl (C=O) groups excluding carboxylic acids is 2. The van der Waals surface area contributed by atoms with Crippen LogP contribution in [0.25, 0.3) is 0 Å². The fraction of sp³-hybridized carbons (Fsp3) is 0.130. The fourth-order valence-electron chi connectivity index (χ4n) is 2.93. The zero-order valence-electron chi connectivity index (χ0n) is 15.6. The summed E-state index contributed by atoms with van der Waals surface area (Å²) in [6.45, 7) is -0.200. The zero-order chi connectivity index (χ0) is 20.6. The second kappa shape index (κ2) is 9.59. The molecule has 0 heterocycles. The van der Waals surface area contributed by atoms with Crippen LogP contribution in [0.15, 0.2) is 78.9 Å². The minimum atomic E-state index is -0.648. The van der Waals surface area contributed by atoms with E-state index >= 15 is 0 Å². The van der Waals surface area contributed by atoms with Crippen molar-refractivity contribution in [3.05, 3.63) is 102 Å². The van der Waals surface area contributed by atoms with Crippen LogP contribution in [0.4, 0.5) is 14.5 Å². The highest BCUT2D eigenvalue weighted by atomic mass is 19.1. The average Bonchev–Trinajstić information content (AvgIpc) is 2.73. The first-order valence-electron chi connectivity index (χ1n) is 9.14. The lowest BCUT2D eigenvalue weighted by Crippen LogP contribution is -2.36. The highest BCUT2D eigenvalue weighted by molar-refractivity contribution is 5.95. The van der Waals surface area contributed by atoms with Crippen molar-refractivity contribution >= 4 is 17.5 Å². The summed E-state index contributed by atoms with van der Waals surface area (Å²) in [4.78, 5) is 24.9. The SMILES string of the molecule is O=C(CNC(=O)C(Cc1ccc(F)cc1)c1ccc(F)cc1)Nc1ccccc1. The number of benzene rings is 3. The van der Waals surface area contributed by atoms with E-state index in [0.29, 0.717) is 11.3 Å². The number of hydrogen-bond donors (Lipinski definition) is 2. The van der Waals surface area contributed by atoms with E-state index in [0.717, 1.165) is 5.56 Å². The van der Waals surface area contributed by atoms with Gasteiger partial charge in [-0.1, -0.05) is 42.5 Å². The summed E-state index contributed by atoms with van der Waals surface area (Å²) in [5.74, 6) is -2.15. The van der Waals surface area contributed by atoms with Crippen LogP contribution >= 0.6 is 0 Å². The Balaban J connectivity index is 1.69. The summed E-state index contributed by atoms with van der Waals surface area (Å²) in [6, 6.07) is 20.4. The first-order chi connectivity index (χ1) is 14.0. The second-order valence-corrected chi connectivity index (χ2v) is 6.57. The molecule has 0 bridgehead atoms. The molecule has 1 atom stereocenters. The van der Waals surface area contributed by atoms with E-state index in [1.54, 1.807) is 36.4 Å². The highest BCUT2D eigenvalue weighted by Gasteiger charge is 2.22. The average molecular weight is 394 g/mol. The van der Waals surface area contributed by atoms with Crippen molar-refractivity contribution in [3.8, 4) is 0 Å². The van der Waals surface area contributed by atoms with Gasteiger partial charge < -0.3 is 10.6 Å². The van der Waals surface area contributed by atoms with Crippen LogP contribution in [-0.4, -0.2) is 18.4 Å². The Morgan fingerprint density at radius 1 is 0.793 bits per heavy atom. The van der Waals surface area contributed by atoms with Crippen molar-refractivity contribution in [3.63, 3.8) is 0 Å². The lowest BCUT2D eigenvalue weighted by Gasteiger charge is -2.17. The number of rotatable bonds is 7. The highest BCUT2D eigenvalue weighted by Crippen LogP contribution is 2.22. The molecule has 6 heteroatoms. The van der Waals surface area contributed by atoms with Gasteiger partial charge in [0.15, 0.2) is 0 Å². The number of amides is 2. The molecule has 0 aromatic heterocycles. The molecule has 4 nitrogen and oxygen atoms in total. The van der Waals surface area contributed by atoms with Crippen LogP contribution in [0.2, 0.25) is 0 Å². The van der Waals surface area contributed by atoms with Gasteiger partial charge in [0, 0.05) is 5.69 Å². The fourth-order valence-corrected chi connectivity index (χ4v) is 2.93. The summed E-state index contributed by atoms with van der Waals surface area (Å²) in [7, 11) is 0. The van der Waals surface area contributed by atoms with Gasteiger partial charge in [-0.25, -0.2) is 8.78 Å². The van der Waals surface area contributed by atoms with Gasteiger partial charge >= 0.3 is 0 Å². The van der Waals surface area contributed by atoms with Crippen LogP contribution in [0.1, 0.15) is 17.0 Å². The first-order valence-corrected chi connectivity index (χ1v) is 9.14. The van der Waals surface area contributed by atoms with Crippen molar-refractivity contribution < 1.29 is 18.4 Å². The van der Waals surface area contributed by atoms with Gasteiger partial charge in [0.05, 0.1) is 12.5 Å². The van der Waals surface area contributed by atoms with Gasteiger partial charge in [0.2, 0.25) is 11.8 Å². The molecule has 0 spiro atoms. The Morgan fingerprint density at radius 3 is 2.00 bits per heavy atom. The molecule has 29 heavy (non-hydrogen) atoms. The molecule has 1 unspecified atom stereocenters. The third-order valence-electron chi connectivity index (χ3n) is 4.42. The molecule has 0 saturated heterocycles. The summed E-state index contributed by atoms with van der Waals surface area (Å²) in [6.07, 6.45) is 0.290. The van der Waals surface area contributed by atoms with Gasteiger partial charge in [0.25, 0.3) is 0 Å². The van der Waals surface area contributed by atoms with Crippen LogP contribution in [0.3, 0.4) is 0 Å². The largest absolute Gasteiger partial charge is 0.346 e. The molecule has 0 radical (unpaired) electrons. The van der Waals surface area contributed by atoms with E-state index in [4.69, 9.17) is 0 Å². The predicted molar refractivity (Wildman–Crippen MR) is 107 cm³/mol. The molecule has 0 aliphatic carbocycles. The number of nitrogens with one attached hydrogen (secondary N) is 2. The number of para-hydroxylation sites is 1. The van der Waals surface area contributed by atoms with E-state index in [9.17, 15) is 18.4 Å². The monoisotopic (exact) mass is 394 g/mol. The van der Waals surface area contributed by atoms with Crippen LogP contribution in [0, 0.1) is 11.6 Å². The Labute approximate surface area is 167 Å². The van der Waals surface area contributed by atoms with Gasteiger partial charge in [-0.05, 0) is 53.9 Å². The summed E-state index contributed by atoms with van der Waals surface area (Å²) < 4.78 is 26.5. The van der Waals surface area contributed by atoms with E-state index in [-0.39, 0.29) is 30.6 Å². The summed E-state index contributed by atoms with van der Waals surface area (Å²) in [5.41, 5.74) is 1.99. The van der Waals surface area contributed by atoms with Crippen molar-refractivity contribution in [2.24, 2.45) is 0 Å². The molecule has 0 saturated carbocycles. The van der Waals surface area contributed by atoms with E-state index in [1.165, 1.54) is 36.4 Å². The molecule has 0 aliphatic heterocycles. The number of anilines is 1. The quantitative estimate of drug-likeness (QED) is 0.635. The van der Waals surface area contributed by atoms with E-state index < -0.39 is 11.7 Å². The standard InChI is InChI=1S/C23H20F2N2O2/c24-18-10-6-16(7-11-18)14-21(17-8-12-19(25)13-9-17)23(29)26-15-22(28)27-20-4-2-1-3-5-20/h1-13,21H,14-15H2,(H,26,29)(H,27,28). The van der Waals surface area contributed by atoms with E-state index in [2.05, 4.69) is 10.6 Å². The van der Waals surface area contributed by atoms with Gasteiger partial charge in [-0.2, -0.15) is 0 Å². The number of hydrogen-bond acceptors (Lipinski definition) is 2. The molecule has 3 aromatic carbocycles. The molecule has 3 aromatic rings. The maximum atomic E-state index is 13.3. The van der Waals surface area contributed by atoms with E-state index in [1.807, 2.05) is 6.07 Å². The first kappa shape index (κ1) is 20.2. The number of carbonyl (C=O) groups is 2. The number of halogens is 2. The lowest BCUT2D eigenvalue weighted by molar-refractivity contribution is -0.125. The molecule has 2 amide bonds. The maximum Gasteiger partial charge on any atom is 0.243 e. The molecule has 2 N–H and O–H groups in total. The maximum absolute atomic E-state index is 13.3. The summed E-state index contributed by atoms with van der Waals surface area (Å²) in [5, 5.41) is 5.32. The van der Waals surface area contributed by atoms with Crippen molar-refractivity contribution in [2.45, 2.75) is 12.3 Å². The zero-order valence-corrected chi connectivity index (χ0v) is 15.6. The van der Waals surface area contributed by atoms with Crippen LogP contribution < -0.4 is 10.6 Å². The lowest BCUT2D eigenvalue weighted by atomic mass is 9.91. The van der Waals surface area contributed by atoms with Gasteiger partial charge in [-0.3, -0.25) is 9.59 Å². The summed E-state index contributed by atoms with van der Waals surface area (Å²) >= 11 is 0. The van der Waals surface area contributed by atoms with Crippen molar-refractivity contribution in [1.82, 2.24) is 5.32 Å².